The third-order valence-electron chi connectivity index (χ3n) is 3.02. The largest absolute Gasteiger partial charge is 0.334 e. The highest BCUT2D eigenvalue weighted by Crippen LogP contribution is 2.32. The zero-order valence-electron chi connectivity index (χ0n) is 10.4. The Hall–Kier alpha value is -0.480. The van der Waals surface area contributed by atoms with Crippen molar-refractivity contribution in [2.24, 2.45) is 4.99 Å². The summed E-state index contributed by atoms with van der Waals surface area (Å²) in [6.45, 7) is 6.48. The number of amidine groups is 1. The Morgan fingerprint density at radius 3 is 2.88 bits per heavy atom. The number of benzene rings is 1. The summed E-state index contributed by atoms with van der Waals surface area (Å²) in [7, 11) is 0. The molecule has 92 valence electrons. The highest BCUT2D eigenvalue weighted by Gasteiger charge is 2.28. The van der Waals surface area contributed by atoms with Crippen LogP contribution in [0.3, 0.4) is 0 Å². The van der Waals surface area contributed by atoms with Crippen LogP contribution in [0.4, 0.5) is 5.69 Å². The molecule has 1 aromatic rings. The van der Waals surface area contributed by atoms with Crippen molar-refractivity contribution in [3.63, 3.8) is 0 Å². The minimum atomic E-state index is 0.101. The van der Waals surface area contributed by atoms with Crippen LogP contribution in [0.5, 0.6) is 0 Å². The van der Waals surface area contributed by atoms with Crippen molar-refractivity contribution in [1.29, 1.82) is 0 Å². The molecule has 0 aliphatic carbocycles. The highest BCUT2D eigenvalue weighted by molar-refractivity contribution is 9.10. The normalized spacial score (nSPS) is 23.6. The van der Waals surface area contributed by atoms with Gasteiger partial charge in [0.25, 0.3) is 0 Å². The molecule has 1 unspecified atom stereocenters. The smallest absolute Gasteiger partial charge is 0.161 e. The summed E-state index contributed by atoms with van der Waals surface area (Å²) in [6, 6.07) is 6.30. The lowest BCUT2D eigenvalue weighted by molar-refractivity contribution is 0.523. The first-order chi connectivity index (χ1) is 8.02. The number of anilines is 1. The van der Waals surface area contributed by atoms with Crippen LogP contribution in [0.1, 0.15) is 25.8 Å². The van der Waals surface area contributed by atoms with Gasteiger partial charge in [0.15, 0.2) is 5.17 Å². The monoisotopic (exact) mass is 312 g/mol. The second-order valence-electron chi connectivity index (χ2n) is 4.66. The molecule has 1 aliphatic rings. The van der Waals surface area contributed by atoms with E-state index in [2.05, 4.69) is 60.2 Å². The molecule has 0 radical (unpaired) electrons. The molecular formula is C13H17BrN2S. The van der Waals surface area contributed by atoms with Crippen LogP contribution in [0.15, 0.2) is 27.7 Å². The van der Waals surface area contributed by atoms with E-state index in [1.807, 2.05) is 0 Å². The van der Waals surface area contributed by atoms with Gasteiger partial charge < -0.3 is 5.32 Å². The lowest BCUT2D eigenvalue weighted by Gasteiger charge is -2.15. The quantitative estimate of drug-likeness (QED) is 0.873. The van der Waals surface area contributed by atoms with Crippen molar-refractivity contribution in [2.45, 2.75) is 32.7 Å². The number of hydrogen-bond donors (Lipinski definition) is 1. The summed E-state index contributed by atoms with van der Waals surface area (Å²) in [5.41, 5.74) is 2.44. The Balaban J connectivity index is 2.15. The molecule has 2 nitrogen and oxygen atoms in total. The molecule has 0 bridgehead atoms. The lowest BCUT2D eigenvalue weighted by atomic mass is 10.0. The number of aliphatic imine (C=N–C) groups is 1. The number of aryl methyl sites for hydroxylation is 1. The van der Waals surface area contributed by atoms with Gasteiger partial charge in [-0.3, -0.25) is 4.99 Å². The minimum Gasteiger partial charge on any atom is -0.334 e. The van der Waals surface area contributed by atoms with Crippen LogP contribution in [-0.4, -0.2) is 16.5 Å². The minimum absolute atomic E-state index is 0.101. The van der Waals surface area contributed by atoms with E-state index in [1.165, 1.54) is 5.56 Å². The van der Waals surface area contributed by atoms with E-state index in [4.69, 9.17) is 4.99 Å². The number of rotatable bonds is 2. The molecule has 0 spiro atoms. The number of hydrogen-bond acceptors (Lipinski definition) is 3. The van der Waals surface area contributed by atoms with Gasteiger partial charge in [0.2, 0.25) is 0 Å². The number of halogens is 1. The van der Waals surface area contributed by atoms with E-state index in [0.717, 1.165) is 27.5 Å². The van der Waals surface area contributed by atoms with Crippen LogP contribution in [0.25, 0.3) is 0 Å². The Morgan fingerprint density at radius 1 is 1.53 bits per heavy atom. The SMILES string of the molecule is CCC1(C)CSC(Nc2ccc(C)cc2Br)=N1. The lowest BCUT2D eigenvalue weighted by Crippen LogP contribution is -2.20. The third-order valence-corrected chi connectivity index (χ3v) is 4.91. The van der Waals surface area contributed by atoms with E-state index in [9.17, 15) is 0 Å². The van der Waals surface area contributed by atoms with Crippen molar-refractivity contribution in [1.82, 2.24) is 0 Å². The Bertz CT molecular complexity index is 459. The van der Waals surface area contributed by atoms with Crippen molar-refractivity contribution in [3.8, 4) is 0 Å². The van der Waals surface area contributed by atoms with Crippen molar-refractivity contribution in [3.05, 3.63) is 28.2 Å². The first kappa shape index (κ1) is 13.0. The van der Waals surface area contributed by atoms with Gasteiger partial charge in [0, 0.05) is 10.2 Å². The summed E-state index contributed by atoms with van der Waals surface area (Å²) in [4.78, 5) is 4.74. The van der Waals surface area contributed by atoms with E-state index in [0.29, 0.717) is 0 Å². The molecule has 1 atom stereocenters. The van der Waals surface area contributed by atoms with E-state index in [1.54, 1.807) is 11.8 Å². The summed E-state index contributed by atoms with van der Waals surface area (Å²) in [6.07, 6.45) is 1.08. The van der Waals surface area contributed by atoms with Gasteiger partial charge in [-0.1, -0.05) is 24.8 Å². The fraction of sp³-hybridized carbons (Fsp3) is 0.462. The molecule has 1 N–H and O–H groups in total. The summed E-state index contributed by atoms with van der Waals surface area (Å²) >= 11 is 5.37. The van der Waals surface area contributed by atoms with E-state index in [-0.39, 0.29) is 5.54 Å². The number of thioether (sulfide) groups is 1. The van der Waals surface area contributed by atoms with Crippen molar-refractivity contribution in [2.75, 3.05) is 11.1 Å². The fourth-order valence-electron chi connectivity index (χ4n) is 1.62. The van der Waals surface area contributed by atoms with Gasteiger partial charge in [-0.15, -0.1) is 0 Å². The van der Waals surface area contributed by atoms with E-state index < -0.39 is 0 Å². The molecule has 1 aliphatic heterocycles. The maximum atomic E-state index is 4.74. The average molecular weight is 313 g/mol. The molecule has 1 heterocycles. The van der Waals surface area contributed by atoms with Crippen LogP contribution < -0.4 is 5.32 Å². The second-order valence-corrected chi connectivity index (χ2v) is 6.48. The van der Waals surface area contributed by atoms with Gasteiger partial charge >= 0.3 is 0 Å². The maximum absolute atomic E-state index is 4.74. The molecule has 4 heteroatoms. The maximum Gasteiger partial charge on any atom is 0.161 e. The van der Waals surface area contributed by atoms with Gasteiger partial charge in [0.1, 0.15) is 0 Å². The second kappa shape index (κ2) is 5.02. The highest BCUT2D eigenvalue weighted by atomic mass is 79.9. The first-order valence-corrected chi connectivity index (χ1v) is 7.56. The van der Waals surface area contributed by atoms with Gasteiger partial charge in [-0.2, -0.15) is 0 Å². The molecular weight excluding hydrogens is 296 g/mol. The van der Waals surface area contributed by atoms with Gasteiger partial charge in [-0.25, -0.2) is 0 Å². The van der Waals surface area contributed by atoms with Gasteiger partial charge in [0.05, 0.1) is 11.2 Å². The number of nitrogens with zero attached hydrogens (tertiary/aromatic N) is 1. The zero-order chi connectivity index (χ0) is 12.5. The molecule has 0 amide bonds. The average Bonchev–Trinajstić information content (AvgIpc) is 2.66. The van der Waals surface area contributed by atoms with Gasteiger partial charge in [-0.05, 0) is 53.9 Å². The Labute approximate surface area is 115 Å². The van der Waals surface area contributed by atoms with Crippen LogP contribution >= 0.6 is 27.7 Å². The predicted molar refractivity (Wildman–Crippen MR) is 81.1 cm³/mol. The Kier molecular flexibility index (Phi) is 3.83. The predicted octanol–water partition coefficient (Wildman–Crippen LogP) is 4.44. The Morgan fingerprint density at radius 2 is 2.29 bits per heavy atom. The van der Waals surface area contributed by atoms with E-state index >= 15 is 0 Å². The zero-order valence-corrected chi connectivity index (χ0v) is 12.8. The first-order valence-electron chi connectivity index (χ1n) is 5.78. The fourth-order valence-corrected chi connectivity index (χ4v) is 3.39. The van der Waals surface area contributed by atoms with Crippen LogP contribution in [0, 0.1) is 6.92 Å². The van der Waals surface area contributed by atoms with Crippen molar-refractivity contribution >= 4 is 38.5 Å². The molecule has 2 rings (SSSR count). The van der Waals surface area contributed by atoms with Crippen LogP contribution in [-0.2, 0) is 0 Å². The third kappa shape index (κ3) is 3.05. The topological polar surface area (TPSA) is 24.4 Å². The molecule has 1 aromatic carbocycles. The van der Waals surface area contributed by atoms with Crippen LogP contribution in [0.2, 0.25) is 0 Å². The standard InChI is InChI=1S/C13H17BrN2S/c1-4-13(3)8-17-12(16-13)15-11-6-5-9(2)7-10(11)14/h5-7H,4,8H2,1-3H3,(H,15,16). The molecule has 0 saturated carbocycles. The number of nitrogens with one attached hydrogen (secondary N) is 1. The summed E-state index contributed by atoms with van der Waals surface area (Å²) < 4.78 is 1.09. The summed E-state index contributed by atoms with van der Waals surface area (Å²) in [5.74, 6) is 1.06. The molecule has 0 saturated heterocycles. The molecule has 0 aromatic heterocycles. The molecule has 0 fully saturated rings. The van der Waals surface area contributed by atoms with Crippen molar-refractivity contribution < 1.29 is 0 Å². The summed E-state index contributed by atoms with van der Waals surface area (Å²) in [5, 5.41) is 4.42. The molecule has 17 heavy (non-hydrogen) atoms.